The van der Waals surface area contributed by atoms with E-state index in [2.05, 4.69) is 13.8 Å². The van der Waals surface area contributed by atoms with Crippen molar-refractivity contribution >= 4 is 29.3 Å². The van der Waals surface area contributed by atoms with Crippen molar-refractivity contribution in [3.8, 4) is 0 Å². The van der Waals surface area contributed by atoms with Crippen molar-refractivity contribution in [1.29, 1.82) is 0 Å². The first-order valence-electron chi connectivity index (χ1n) is 10.7. The molecule has 0 aromatic heterocycles. The highest BCUT2D eigenvalue weighted by Crippen LogP contribution is 2.68. The molecule has 0 N–H and O–H groups in total. The van der Waals surface area contributed by atoms with Crippen molar-refractivity contribution in [2.45, 2.75) is 76.9 Å². The van der Waals surface area contributed by atoms with Crippen LogP contribution in [0.2, 0.25) is 0 Å². The third kappa shape index (κ3) is 2.28. The highest BCUT2D eigenvalue weighted by molar-refractivity contribution is 6.24. The van der Waals surface area contributed by atoms with Crippen LogP contribution in [0.15, 0.2) is 0 Å². The van der Waals surface area contributed by atoms with E-state index in [-0.39, 0.29) is 28.4 Å². The van der Waals surface area contributed by atoms with Gasteiger partial charge >= 0.3 is 6.16 Å². The predicted molar refractivity (Wildman–Crippen MR) is 102 cm³/mol. The third-order valence-electron chi connectivity index (χ3n) is 9.48. The molecule has 6 heteroatoms. The van der Waals surface area contributed by atoms with Crippen LogP contribution in [-0.2, 0) is 19.1 Å². The minimum absolute atomic E-state index is 0.0182. The molecule has 0 bridgehead atoms. The normalized spacial score (nSPS) is 54.7. The molecule has 0 aromatic carbocycles. The first-order valence-corrected chi connectivity index (χ1v) is 11.1. The number of hydrogen-bond acceptors (Lipinski definition) is 5. The molecule has 4 saturated carbocycles. The molecule has 5 fully saturated rings. The molecule has 5 nitrogen and oxygen atoms in total. The molecule has 0 spiro atoms. The largest absolute Gasteiger partial charge is 0.510 e. The number of Topliss-reactive ketones (excluding diaryl/α,β-unsaturated/α-hetero) is 2. The quantitative estimate of drug-likeness (QED) is 0.472. The molecule has 4 aliphatic carbocycles. The molecule has 0 amide bonds. The van der Waals surface area contributed by atoms with Gasteiger partial charge in [-0.25, -0.2) is 4.79 Å². The number of fused-ring (bicyclic) bond motifs is 6. The fraction of sp³-hybridized carbons (Fsp3) is 0.864. The van der Waals surface area contributed by atoms with E-state index in [1.807, 2.05) is 0 Å². The van der Waals surface area contributed by atoms with Gasteiger partial charge in [0.15, 0.2) is 6.10 Å². The Bertz CT molecular complexity index is 766. The number of ketones is 2. The Kier molecular flexibility index (Phi) is 3.87. The maximum atomic E-state index is 13.3. The summed E-state index contributed by atoms with van der Waals surface area (Å²) in [6, 6.07) is 0. The average molecular weight is 409 g/mol. The van der Waals surface area contributed by atoms with Crippen LogP contribution in [0.5, 0.6) is 0 Å². The van der Waals surface area contributed by atoms with Gasteiger partial charge in [0.05, 0.1) is 0 Å². The summed E-state index contributed by atoms with van der Waals surface area (Å²) in [5.74, 6) is 1.63. The zero-order valence-electron chi connectivity index (χ0n) is 16.8. The van der Waals surface area contributed by atoms with Crippen LogP contribution >= 0.6 is 11.6 Å². The highest BCUT2D eigenvalue weighted by atomic mass is 35.5. The Labute approximate surface area is 170 Å². The minimum Gasteiger partial charge on any atom is -0.425 e. The molecule has 5 aliphatic rings. The van der Waals surface area contributed by atoms with Gasteiger partial charge in [-0.3, -0.25) is 9.59 Å². The Hall–Kier alpha value is -1.10. The van der Waals surface area contributed by atoms with E-state index < -0.39 is 17.3 Å². The summed E-state index contributed by atoms with van der Waals surface area (Å²) >= 11 is 6.60. The van der Waals surface area contributed by atoms with Crippen molar-refractivity contribution < 1.29 is 23.9 Å². The lowest BCUT2D eigenvalue weighted by atomic mass is 9.44. The molecule has 9 atom stereocenters. The lowest BCUT2D eigenvalue weighted by molar-refractivity contribution is -0.166. The second-order valence-electron chi connectivity index (χ2n) is 10.5. The van der Waals surface area contributed by atoms with Crippen molar-refractivity contribution in [3.63, 3.8) is 0 Å². The van der Waals surface area contributed by atoms with Crippen LogP contribution in [0.25, 0.3) is 0 Å². The fourth-order valence-corrected chi connectivity index (χ4v) is 8.52. The van der Waals surface area contributed by atoms with Gasteiger partial charge < -0.3 is 9.47 Å². The van der Waals surface area contributed by atoms with Crippen molar-refractivity contribution in [1.82, 2.24) is 0 Å². The van der Waals surface area contributed by atoms with E-state index in [1.165, 1.54) is 0 Å². The molecule has 154 valence electrons. The first kappa shape index (κ1) is 18.9. The smallest absolute Gasteiger partial charge is 0.425 e. The summed E-state index contributed by atoms with van der Waals surface area (Å²) in [7, 11) is 0. The number of carbonyl (C=O) groups is 3. The summed E-state index contributed by atoms with van der Waals surface area (Å²) in [6.45, 7) is 6.21. The summed E-state index contributed by atoms with van der Waals surface area (Å²) in [5, 5.41) is -1.19. The van der Waals surface area contributed by atoms with E-state index in [9.17, 15) is 14.4 Å². The standard InChI is InChI=1S/C22H29ClO5/c1-11(24)13-4-5-14-12-8-17(25)16-9-22(23)18(27-19(26)28-22)10-21(16,3)15(12)6-7-20(13,14)2/h12-16,18H,4-10H2,1-3H3/t12-,13+,14-,15-,16+,18+,20+,21+,22-/m0/s1. The monoisotopic (exact) mass is 408 g/mol. The Morgan fingerprint density at radius 1 is 1.07 bits per heavy atom. The molecule has 1 heterocycles. The van der Waals surface area contributed by atoms with E-state index in [1.54, 1.807) is 6.92 Å². The van der Waals surface area contributed by atoms with Crippen LogP contribution in [0, 0.1) is 40.4 Å². The summed E-state index contributed by atoms with van der Waals surface area (Å²) in [6.07, 6.45) is 4.34. The van der Waals surface area contributed by atoms with Crippen LogP contribution in [0.3, 0.4) is 0 Å². The molecule has 0 unspecified atom stereocenters. The van der Waals surface area contributed by atoms with E-state index in [4.69, 9.17) is 21.1 Å². The van der Waals surface area contributed by atoms with E-state index >= 15 is 0 Å². The zero-order chi connectivity index (χ0) is 20.1. The minimum atomic E-state index is -1.19. The molecule has 0 radical (unpaired) electrons. The number of hydrogen-bond donors (Lipinski definition) is 0. The molecule has 5 rings (SSSR count). The van der Waals surface area contributed by atoms with Crippen molar-refractivity contribution in [3.05, 3.63) is 0 Å². The zero-order valence-corrected chi connectivity index (χ0v) is 17.6. The maximum absolute atomic E-state index is 13.3. The topological polar surface area (TPSA) is 69.7 Å². The summed E-state index contributed by atoms with van der Waals surface area (Å²) < 4.78 is 10.7. The lowest BCUT2D eigenvalue weighted by Crippen LogP contribution is -2.61. The van der Waals surface area contributed by atoms with Gasteiger partial charge in [-0.1, -0.05) is 25.4 Å². The summed E-state index contributed by atoms with van der Waals surface area (Å²) in [4.78, 5) is 37.3. The second kappa shape index (κ2) is 5.74. The van der Waals surface area contributed by atoms with Gasteiger partial charge in [0, 0.05) is 24.7 Å². The average Bonchev–Trinajstić information content (AvgIpc) is 3.08. The molecular formula is C22H29ClO5. The SMILES string of the molecule is CC(=O)[C@H]1CC[C@H]2[C@@H]3CC(=O)[C@H]4C[C@]5(Cl)OC(=O)O[C@@H]5C[C@]4(C)[C@H]3CC[C@]12C. The maximum Gasteiger partial charge on any atom is 0.510 e. The van der Waals surface area contributed by atoms with Gasteiger partial charge in [0.25, 0.3) is 0 Å². The van der Waals surface area contributed by atoms with Crippen molar-refractivity contribution in [2.24, 2.45) is 40.4 Å². The van der Waals surface area contributed by atoms with Gasteiger partial charge in [-0.05, 0) is 67.6 Å². The van der Waals surface area contributed by atoms with E-state index in [0.717, 1.165) is 25.7 Å². The Morgan fingerprint density at radius 3 is 2.50 bits per heavy atom. The molecule has 1 aliphatic heterocycles. The Morgan fingerprint density at radius 2 is 1.79 bits per heavy atom. The predicted octanol–water partition coefficient (Wildman–Crippen LogP) is 4.49. The number of alkyl halides is 1. The Balaban J connectivity index is 1.49. The van der Waals surface area contributed by atoms with Crippen molar-refractivity contribution in [2.75, 3.05) is 0 Å². The number of carbonyl (C=O) groups excluding carboxylic acids is 3. The molecule has 1 saturated heterocycles. The number of rotatable bonds is 1. The lowest BCUT2D eigenvalue weighted by Gasteiger charge is -2.60. The number of ether oxygens (including phenoxy) is 2. The number of halogens is 1. The van der Waals surface area contributed by atoms with Gasteiger partial charge in [0.2, 0.25) is 5.06 Å². The van der Waals surface area contributed by atoms with Gasteiger partial charge in [-0.15, -0.1) is 0 Å². The third-order valence-corrected chi connectivity index (χ3v) is 9.95. The first-order chi connectivity index (χ1) is 13.1. The molecule has 0 aromatic rings. The van der Waals surface area contributed by atoms with Crippen LogP contribution in [0.1, 0.15) is 65.7 Å². The van der Waals surface area contributed by atoms with Crippen LogP contribution in [0.4, 0.5) is 4.79 Å². The van der Waals surface area contributed by atoms with E-state index in [0.29, 0.717) is 42.8 Å². The van der Waals surface area contributed by atoms with Crippen LogP contribution < -0.4 is 0 Å². The van der Waals surface area contributed by atoms with Crippen LogP contribution in [-0.4, -0.2) is 28.9 Å². The van der Waals surface area contributed by atoms with Gasteiger partial charge in [0.1, 0.15) is 11.6 Å². The highest BCUT2D eigenvalue weighted by Gasteiger charge is 2.68. The fourth-order valence-electron chi connectivity index (χ4n) is 8.18. The molecule has 28 heavy (non-hydrogen) atoms. The second-order valence-corrected chi connectivity index (χ2v) is 11.2. The van der Waals surface area contributed by atoms with Gasteiger partial charge in [-0.2, -0.15) is 0 Å². The molecular weight excluding hydrogens is 380 g/mol. The summed E-state index contributed by atoms with van der Waals surface area (Å²) in [5.41, 5.74) is -0.211.